The second kappa shape index (κ2) is 9.96. The number of halogens is 6. The lowest BCUT2D eigenvalue weighted by molar-refractivity contribution is -0.165. The van der Waals surface area contributed by atoms with E-state index < -0.39 is 23.9 Å². The van der Waals surface area contributed by atoms with Crippen molar-refractivity contribution in [2.45, 2.75) is 18.8 Å². The van der Waals surface area contributed by atoms with Crippen molar-refractivity contribution in [3.05, 3.63) is 84.2 Å². The van der Waals surface area contributed by atoms with Crippen molar-refractivity contribution in [2.75, 3.05) is 10.6 Å². The molecule has 0 saturated carbocycles. The zero-order valence-electron chi connectivity index (χ0n) is 15.7. The number of carbonyl (C=O) groups excluding carboxylic acids is 2. The van der Waals surface area contributed by atoms with Gasteiger partial charge < -0.3 is 10.6 Å². The minimum atomic E-state index is -4.91. The molecule has 164 valence electrons. The number of allylic oxidation sites excluding steroid dienone is 2. The summed E-state index contributed by atoms with van der Waals surface area (Å²) in [5.74, 6) is -3.92. The molecular formula is C21H16F6N2O2. The lowest BCUT2D eigenvalue weighted by atomic mass is 10.0. The Balaban J connectivity index is 1.88. The first kappa shape index (κ1) is 23.7. The van der Waals surface area contributed by atoms with Gasteiger partial charge in [0.05, 0.1) is 0 Å². The van der Waals surface area contributed by atoms with Crippen molar-refractivity contribution in [2.24, 2.45) is 0 Å². The maximum absolute atomic E-state index is 12.1. The van der Waals surface area contributed by atoms with Crippen molar-refractivity contribution >= 4 is 22.9 Å². The Kier molecular flexibility index (Phi) is 7.62. The molecule has 10 heteroatoms. The molecule has 0 fully saturated rings. The molecular weight excluding hydrogens is 426 g/mol. The van der Waals surface area contributed by atoms with Crippen LogP contribution in [0, 0.1) is 0 Å². The van der Waals surface area contributed by atoms with Crippen LogP contribution in [0.4, 0.5) is 37.7 Å². The number of nitrogens with one attached hydrogen (secondary N) is 2. The summed E-state index contributed by atoms with van der Waals surface area (Å²) in [6, 6.07) is 13.5. The minimum Gasteiger partial charge on any atom is -0.362 e. The quantitative estimate of drug-likeness (QED) is 0.425. The van der Waals surface area contributed by atoms with E-state index in [9.17, 15) is 35.9 Å². The summed E-state index contributed by atoms with van der Waals surface area (Å²) in [5, 5.41) is 5.14. The molecule has 2 N–H and O–H groups in total. The monoisotopic (exact) mass is 442 g/mol. The molecule has 2 rings (SSSR count). The number of anilines is 2. The summed E-state index contributed by atoms with van der Waals surface area (Å²) in [5.41, 5.74) is 2.79. The van der Waals surface area contributed by atoms with Crippen molar-refractivity contribution < 1.29 is 35.9 Å². The molecule has 0 bridgehead atoms. The Morgan fingerprint density at radius 1 is 0.645 bits per heavy atom. The third-order valence-corrected chi connectivity index (χ3v) is 3.84. The molecule has 0 radical (unpaired) electrons. The van der Waals surface area contributed by atoms with Crippen molar-refractivity contribution in [3.8, 4) is 0 Å². The summed E-state index contributed by atoms with van der Waals surface area (Å²) in [7, 11) is 0. The van der Waals surface area contributed by atoms with Gasteiger partial charge in [0.2, 0.25) is 0 Å². The van der Waals surface area contributed by atoms with E-state index in [0.29, 0.717) is 29.9 Å². The molecule has 0 spiro atoms. The molecule has 0 heterocycles. The Hall–Kier alpha value is -3.56. The third kappa shape index (κ3) is 8.00. The molecule has 0 aliphatic rings. The van der Waals surface area contributed by atoms with Crippen LogP contribution < -0.4 is 10.6 Å². The first-order chi connectivity index (χ1) is 14.4. The van der Waals surface area contributed by atoms with Gasteiger partial charge >= 0.3 is 12.4 Å². The van der Waals surface area contributed by atoms with E-state index in [-0.39, 0.29) is 0 Å². The Bertz CT molecular complexity index is 880. The summed E-state index contributed by atoms with van der Waals surface area (Å²) < 4.78 is 72.6. The van der Waals surface area contributed by atoms with Gasteiger partial charge in [-0.1, -0.05) is 24.3 Å². The van der Waals surface area contributed by atoms with Crippen LogP contribution in [0.2, 0.25) is 0 Å². The van der Waals surface area contributed by atoms with Gasteiger partial charge in [-0.05, 0) is 41.8 Å². The van der Waals surface area contributed by atoms with Crippen LogP contribution in [-0.4, -0.2) is 23.9 Å². The van der Waals surface area contributed by atoms with E-state index in [1.807, 2.05) is 0 Å². The summed E-state index contributed by atoms with van der Waals surface area (Å²) in [6.45, 7) is 0. The highest BCUT2D eigenvalue weighted by atomic mass is 19.4. The average Bonchev–Trinajstić information content (AvgIpc) is 2.69. The normalized spacial score (nSPS) is 12.3. The number of rotatable bonds is 8. The minimum absolute atomic E-state index is 0.401. The Morgan fingerprint density at radius 2 is 0.968 bits per heavy atom. The summed E-state index contributed by atoms with van der Waals surface area (Å²) in [6.07, 6.45) is -6.67. The van der Waals surface area contributed by atoms with E-state index in [1.54, 1.807) is 48.5 Å². The number of hydrogen-bond acceptors (Lipinski definition) is 4. The van der Waals surface area contributed by atoms with Crippen LogP contribution in [-0.2, 0) is 16.0 Å². The number of carbonyl (C=O) groups is 2. The molecule has 0 saturated heterocycles. The molecule has 0 unspecified atom stereocenters. The number of alkyl halides is 6. The van der Waals surface area contributed by atoms with E-state index >= 15 is 0 Å². The molecule has 0 aliphatic carbocycles. The molecule has 2 aromatic carbocycles. The standard InChI is InChI=1S/C21H16F6N2O2/c22-20(23,24)18(30)9-11-28-16-5-1-14(2-6-16)13-15-3-7-17(8-4-15)29-12-10-19(31)21(25,26)27/h1-12,28-29H,13H2/b11-9+,12-10+. The summed E-state index contributed by atoms with van der Waals surface area (Å²) in [4.78, 5) is 21.5. The maximum Gasteiger partial charge on any atom is 0.454 e. The predicted molar refractivity (Wildman–Crippen MR) is 103 cm³/mol. The lowest BCUT2D eigenvalue weighted by Gasteiger charge is -2.06. The van der Waals surface area contributed by atoms with Crippen LogP contribution in [0.15, 0.2) is 73.1 Å². The van der Waals surface area contributed by atoms with Crippen molar-refractivity contribution in [1.82, 2.24) is 0 Å². The topological polar surface area (TPSA) is 58.2 Å². The molecule has 2 aromatic rings. The van der Waals surface area contributed by atoms with Crippen LogP contribution in [0.1, 0.15) is 11.1 Å². The zero-order chi connectivity index (χ0) is 23.1. The van der Waals surface area contributed by atoms with Gasteiger partial charge in [-0.3, -0.25) is 9.59 Å². The SMILES string of the molecule is O=C(/C=C/Nc1ccc(Cc2ccc(N/C=C/C(=O)C(F)(F)F)cc2)cc1)C(F)(F)F. The highest BCUT2D eigenvalue weighted by Gasteiger charge is 2.36. The van der Waals surface area contributed by atoms with Gasteiger partial charge in [-0.15, -0.1) is 0 Å². The van der Waals surface area contributed by atoms with Crippen LogP contribution in [0.3, 0.4) is 0 Å². The Morgan fingerprint density at radius 3 is 1.26 bits per heavy atom. The molecule has 4 nitrogen and oxygen atoms in total. The van der Waals surface area contributed by atoms with Gasteiger partial charge in [0.1, 0.15) is 0 Å². The van der Waals surface area contributed by atoms with E-state index in [1.165, 1.54) is 0 Å². The third-order valence-electron chi connectivity index (χ3n) is 3.84. The number of benzene rings is 2. The van der Waals surface area contributed by atoms with E-state index in [2.05, 4.69) is 10.6 Å². The molecule has 0 aromatic heterocycles. The van der Waals surface area contributed by atoms with Gasteiger partial charge in [0, 0.05) is 35.9 Å². The fourth-order valence-corrected chi connectivity index (χ4v) is 2.29. The van der Waals surface area contributed by atoms with Gasteiger partial charge in [0.25, 0.3) is 11.6 Å². The number of hydrogen-bond donors (Lipinski definition) is 2. The fourth-order valence-electron chi connectivity index (χ4n) is 2.29. The fraction of sp³-hybridized carbons (Fsp3) is 0.143. The maximum atomic E-state index is 12.1. The van der Waals surface area contributed by atoms with Crippen molar-refractivity contribution in [1.29, 1.82) is 0 Å². The second-order valence-electron chi connectivity index (χ2n) is 6.25. The Labute approximate surface area is 173 Å². The predicted octanol–water partition coefficient (Wildman–Crippen LogP) is 5.39. The first-order valence-electron chi connectivity index (χ1n) is 8.71. The van der Waals surface area contributed by atoms with Gasteiger partial charge in [-0.2, -0.15) is 26.3 Å². The second-order valence-corrected chi connectivity index (χ2v) is 6.25. The van der Waals surface area contributed by atoms with Crippen LogP contribution >= 0.6 is 0 Å². The molecule has 0 aliphatic heterocycles. The highest BCUT2D eigenvalue weighted by Crippen LogP contribution is 2.19. The molecule has 0 atom stereocenters. The summed E-state index contributed by atoms with van der Waals surface area (Å²) >= 11 is 0. The zero-order valence-corrected chi connectivity index (χ0v) is 15.7. The number of ketones is 2. The van der Waals surface area contributed by atoms with Gasteiger partial charge in [0.15, 0.2) is 0 Å². The van der Waals surface area contributed by atoms with Gasteiger partial charge in [-0.25, -0.2) is 0 Å². The highest BCUT2D eigenvalue weighted by molar-refractivity contribution is 5.95. The van der Waals surface area contributed by atoms with Crippen LogP contribution in [0.5, 0.6) is 0 Å². The van der Waals surface area contributed by atoms with Crippen LogP contribution in [0.25, 0.3) is 0 Å². The first-order valence-corrected chi connectivity index (χ1v) is 8.71. The van der Waals surface area contributed by atoms with E-state index in [4.69, 9.17) is 0 Å². The smallest absolute Gasteiger partial charge is 0.362 e. The largest absolute Gasteiger partial charge is 0.454 e. The molecule has 31 heavy (non-hydrogen) atoms. The lowest BCUT2D eigenvalue weighted by Crippen LogP contribution is -2.20. The average molecular weight is 442 g/mol. The molecule has 0 amide bonds. The van der Waals surface area contributed by atoms with E-state index in [0.717, 1.165) is 23.5 Å². The van der Waals surface area contributed by atoms with Crippen molar-refractivity contribution in [3.63, 3.8) is 0 Å².